The van der Waals surface area contributed by atoms with E-state index >= 15 is 0 Å². The van der Waals surface area contributed by atoms with Gasteiger partial charge in [-0.05, 0) is 29.8 Å². The summed E-state index contributed by atoms with van der Waals surface area (Å²) >= 11 is 11.8. The Labute approximate surface area is 92.3 Å². The van der Waals surface area contributed by atoms with Crippen LogP contribution in [-0.4, -0.2) is 4.98 Å². The maximum atomic E-state index is 6.02. The summed E-state index contributed by atoms with van der Waals surface area (Å²) in [5.41, 5.74) is 1.90. The molecule has 3 heteroatoms. The topological polar surface area (TPSA) is 12.9 Å². The van der Waals surface area contributed by atoms with Crippen molar-refractivity contribution in [1.29, 1.82) is 0 Å². The Balaban J connectivity index is 2.55. The Kier molecular flexibility index (Phi) is 2.71. The molecule has 1 aromatic heterocycles. The first-order chi connectivity index (χ1) is 6.77. The quantitative estimate of drug-likeness (QED) is 0.669. The normalized spacial score (nSPS) is 10.1. The number of rotatable bonds is 1. The van der Waals surface area contributed by atoms with E-state index in [1.807, 2.05) is 18.2 Å². The molecule has 0 aliphatic rings. The van der Waals surface area contributed by atoms with Crippen LogP contribution in [0, 0.1) is 6.07 Å². The van der Waals surface area contributed by atoms with E-state index in [1.54, 1.807) is 18.3 Å². The van der Waals surface area contributed by atoms with Gasteiger partial charge in [0.15, 0.2) is 0 Å². The second kappa shape index (κ2) is 3.99. The van der Waals surface area contributed by atoms with Crippen molar-refractivity contribution in [2.75, 3.05) is 0 Å². The van der Waals surface area contributed by atoms with Gasteiger partial charge in [0.2, 0.25) is 0 Å². The third kappa shape index (κ3) is 1.89. The number of hydrogen-bond donors (Lipinski definition) is 0. The molecule has 2 rings (SSSR count). The van der Waals surface area contributed by atoms with Gasteiger partial charge in [0.1, 0.15) is 5.15 Å². The third-order valence-corrected chi connectivity index (χ3v) is 2.37. The molecule has 1 heterocycles. The van der Waals surface area contributed by atoms with Crippen molar-refractivity contribution in [3.63, 3.8) is 0 Å². The van der Waals surface area contributed by atoms with E-state index in [0.29, 0.717) is 10.2 Å². The van der Waals surface area contributed by atoms with Gasteiger partial charge in [-0.25, -0.2) is 4.98 Å². The Morgan fingerprint density at radius 1 is 1.21 bits per heavy atom. The van der Waals surface area contributed by atoms with Crippen LogP contribution in [0.2, 0.25) is 10.2 Å². The Morgan fingerprint density at radius 2 is 2.07 bits per heavy atom. The lowest BCUT2D eigenvalue weighted by atomic mass is 10.1. The molecule has 69 valence electrons. The lowest BCUT2D eigenvalue weighted by molar-refractivity contribution is 1.33. The number of halogens is 2. The van der Waals surface area contributed by atoms with E-state index in [2.05, 4.69) is 11.1 Å². The second-order valence-corrected chi connectivity index (χ2v) is 3.57. The molecule has 1 aromatic carbocycles. The van der Waals surface area contributed by atoms with E-state index < -0.39 is 0 Å². The minimum absolute atomic E-state index is 0.464. The molecule has 0 saturated heterocycles. The average Bonchev–Trinajstić information content (AvgIpc) is 2.18. The number of benzene rings is 1. The van der Waals surface area contributed by atoms with Gasteiger partial charge >= 0.3 is 0 Å². The molecule has 1 nitrogen and oxygen atoms in total. The smallest absolute Gasteiger partial charge is 0.129 e. The molecule has 0 spiro atoms. The fraction of sp³-hybridized carbons (Fsp3) is 0. The van der Waals surface area contributed by atoms with Crippen LogP contribution in [-0.2, 0) is 0 Å². The third-order valence-electron chi connectivity index (χ3n) is 1.85. The van der Waals surface area contributed by atoms with Crippen LogP contribution in [0.15, 0.2) is 36.5 Å². The van der Waals surface area contributed by atoms with Gasteiger partial charge in [0.05, 0.1) is 0 Å². The van der Waals surface area contributed by atoms with Crippen molar-refractivity contribution in [2.24, 2.45) is 0 Å². The minimum Gasteiger partial charge on any atom is -0.245 e. The number of pyridine rings is 1. The first-order valence-corrected chi connectivity index (χ1v) is 4.80. The van der Waals surface area contributed by atoms with E-state index in [9.17, 15) is 0 Å². The van der Waals surface area contributed by atoms with E-state index in [-0.39, 0.29) is 0 Å². The van der Waals surface area contributed by atoms with Gasteiger partial charge < -0.3 is 0 Å². The van der Waals surface area contributed by atoms with Crippen LogP contribution < -0.4 is 0 Å². The van der Waals surface area contributed by atoms with Gasteiger partial charge in [0, 0.05) is 16.8 Å². The lowest BCUT2D eigenvalue weighted by Gasteiger charge is -2.03. The first-order valence-electron chi connectivity index (χ1n) is 4.05. The molecule has 0 bridgehead atoms. The van der Waals surface area contributed by atoms with Crippen LogP contribution in [0.3, 0.4) is 0 Å². The van der Waals surface area contributed by atoms with Crippen LogP contribution >= 0.6 is 23.2 Å². The molecule has 0 aliphatic heterocycles. The van der Waals surface area contributed by atoms with Crippen molar-refractivity contribution in [2.45, 2.75) is 0 Å². The Morgan fingerprint density at radius 3 is 2.79 bits per heavy atom. The number of aromatic nitrogens is 1. The molecular formula is C11H6Cl2N. The molecule has 0 unspecified atom stereocenters. The summed E-state index contributed by atoms with van der Waals surface area (Å²) in [6, 6.07) is 12.0. The second-order valence-electron chi connectivity index (χ2n) is 2.77. The molecule has 0 amide bonds. The SMILES string of the molecule is Clc1cc(-c2cc[c]cc2Cl)ccn1. The highest BCUT2D eigenvalue weighted by molar-refractivity contribution is 6.33. The van der Waals surface area contributed by atoms with E-state index in [4.69, 9.17) is 23.2 Å². The summed E-state index contributed by atoms with van der Waals surface area (Å²) in [6.07, 6.45) is 1.66. The van der Waals surface area contributed by atoms with Crippen molar-refractivity contribution in [3.8, 4) is 11.1 Å². The zero-order chi connectivity index (χ0) is 9.97. The van der Waals surface area contributed by atoms with Crippen LogP contribution in [0.4, 0.5) is 0 Å². The minimum atomic E-state index is 0.464. The van der Waals surface area contributed by atoms with Crippen LogP contribution in [0.1, 0.15) is 0 Å². The standard InChI is InChI=1S/C11H6Cl2N/c12-10-4-2-1-3-9(10)8-5-6-14-11(13)7-8/h1,3-7H. The molecule has 2 aromatic rings. The van der Waals surface area contributed by atoms with Crippen molar-refractivity contribution < 1.29 is 0 Å². The van der Waals surface area contributed by atoms with Crippen LogP contribution in [0.5, 0.6) is 0 Å². The summed E-state index contributed by atoms with van der Waals surface area (Å²) in [6.45, 7) is 0. The van der Waals surface area contributed by atoms with Crippen molar-refractivity contribution in [1.82, 2.24) is 4.98 Å². The molecule has 0 aliphatic carbocycles. The molecule has 0 saturated carbocycles. The molecule has 0 N–H and O–H groups in total. The van der Waals surface area contributed by atoms with Gasteiger partial charge in [-0.3, -0.25) is 0 Å². The highest BCUT2D eigenvalue weighted by Crippen LogP contribution is 2.27. The monoisotopic (exact) mass is 222 g/mol. The number of nitrogens with zero attached hydrogens (tertiary/aromatic N) is 1. The fourth-order valence-corrected chi connectivity index (χ4v) is 1.62. The summed E-state index contributed by atoms with van der Waals surface area (Å²) in [5, 5.41) is 1.13. The maximum Gasteiger partial charge on any atom is 0.129 e. The highest BCUT2D eigenvalue weighted by Gasteiger charge is 2.02. The first kappa shape index (κ1) is 9.50. The van der Waals surface area contributed by atoms with Gasteiger partial charge in [-0.1, -0.05) is 35.3 Å². The predicted octanol–water partition coefficient (Wildman–Crippen LogP) is 3.86. The summed E-state index contributed by atoms with van der Waals surface area (Å²) in [7, 11) is 0. The zero-order valence-electron chi connectivity index (χ0n) is 7.17. The molecule has 0 atom stereocenters. The van der Waals surface area contributed by atoms with Gasteiger partial charge in [0.25, 0.3) is 0 Å². The molecular weight excluding hydrogens is 217 g/mol. The highest BCUT2D eigenvalue weighted by atomic mass is 35.5. The molecule has 0 fully saturated rings. The lowest BCUT2D eigenvalue weighted by Crippen LogP contribution is -1.80. The van der Waals surface area contributed by atoms with Crippen molar-refractivity contribution in [3.05, 3.63) is 52.8 Å². The Hall–Kier alpha value is -1.05. The van der Waals surface area contributed by atoms with Gasteiger partial charge in [-0.2, -0.15) is 0 Å². The maximum absolute atomic E-state index is 6.02. The summed E-state index contributed by atoms with van der Waals surface area (Å²) in [5.74, 6) is 0. The van der Waals surface area contributed by atoms with Crippen LogP contribution in [0.25, 0.3) is 11.1 Å². The zero-order valence-corrected chi connectivity index (χ0v) is 8.68. The van der Waals surface area contributed by atoms with E-state index in [0.717, 1.165) is 11.1 Å². The van der Waals surface area contributed by atoms with Gasteiger partial charge in [-0.15, -0.1) is 0 Å². The Bertz CT molecular complexity index is 455. The summed E-state index contributed by atoms with van der Waals surface area (Å²) in [4.78, 5) is 3.91. The van der Waals surface area contributed by atoms with E-state index in [1.165, 1.54) is 0 Å². The largest absolute Gasteiger partial charge is 0.245 e. The van der Waals surface area contributed by atoms with Crippen molar-refractivity contribution >= 4 is 23.2 Å². The summed E-state index contributed by atoms with van der Waals surface area (Å²) < 4.78 is 0. The molecule has 1 radical (unpaired) electrons. The average molecular weight is 223 g/mol. The fourth-order valence-electron chi connectivity index (χ4n) is 1.21. The molecule has 14 heavy (non-hydrogen) atoms. The number of hydrogen-bond acceptors (Lipinski definition) is 1. The predicted molar refractivity (Wildman–Crippen MR) is 58.5 cm³/mol.